The van der Waals surface area contributed by atoms with Crippen LogP contribution in [0.4, 0.5) is 0 Å². The first-order chi connectivity index (χ1) is 11.1. The molecule has 23 heavy (non-hydrogen) atoms. The van der Waals surface area contributed by atoms with E-state index >= 15 is 0 Å². The maximum absolute atomic E-state index is 4.37. The van der Waals surface area contributed by atoms with Gasteiger partial charge in [0.15, 0.2) is 0 Å². The maximum Gasteiger partial charge on any atom is 0.115 e. The summed E-state index contributed by atoms with van der Waals surface area (Å²) in [4.78, 5) is 13.1. The van der Waals surface area contributed by atoms with Gasteiger partial charge in [0.05, 0.1) is 11.7 Å². The van der Waals surface area contributed by atoms with E-state index in [9.17, 15) is 0 Å². The zero-order chi connectivity index (χ0) is 16.2. The van der Waals surface area contributed by atoms with Gasteiger partial charge in [-0.15, -0.1) is 0 Å². The number of hydrogen-bond donors (Lipinski definition) is 0. The van der Waals surface area contributed by atoms with Crippen LogP contribution in [0, 0.1) is 5.92 Å². The molecule has 0 aromatic carbocycles. The van der Waals surface area contributed by atoms with Crippen LogP contribution in [0.3, 0.4) is 0 Å². The monoisotopic (exact) mass is 314 g/mol. The van der Waals surface area contributed by atoms with Crippen LogP contribution in [0.2, 0.25) is 0 Å². The molecular weight excluding hydrogens is 288 g/mol. The molecule has 0 unspecified atom stereocenters. The topological polar surface area (TPSA) is 50.1 Å². The quantitative estimate of drug-likeness (QED) is 0.841. The summed E-state index contributed by atoms with van der Waals surface area (Å²) in [5.41, 5.74) is 2.48. The molecule has 6 heteroatoms. The molecule has 0 spiro atoms. The molecule has 2 aromatic rings. The van der Waals surface area contributed by atoms with Gasteiger partial charge in [-0.25, -0.2) is 9.97 Å². The van der Waals surface area contributed by atoms with Crippen LogP contribution >= 0.6 is 0 Å². The lowest BCUT2D eigenvalue weighted by molar-refractivity contribution is 0.0872. The standard InChI is InChI=1S/C17H26N6/c1-21(11-14-9-18-13-19-10-14)12-15-5-4-8-22(2)17(15)16-6-7-20-23(16)3/h6-7,9-10,13,15,17H,4-5,8,11-12H2,1-3H3/t15-,17+/m0/s1. The first-order valence-corrected chi connectivity index (χ1v) is 8.25. The Kier molecular flexibility index (Phi) is 5.03. The third-order valence-corrected chi connectivity index (χ3v) is 4.78. The number of piperidine rings is 1. The Morgan fingerprint density at radius 2 is 2.04 bits per heavy atom. The minimum absolute atomic E-state index is 0.436. The summed E-state index contributed by atoms with van der Waals surface area (Å²) in [6, 6.07) is 2.59. The van der Waals surface area contributed by atoms with Gasteiger partial charge in [0.2, 0.25) is 0 Å². The number of nitrogens with zero attached hydrogens (tertiary/aromatic N) is 6. The molecule has 0 bridgehead atoms. The molecule has 3 heterocycles. The van der Waals surface area contributed by atoms with Crippen molar-refractivity contribution in [1.82, 2.24) is 29.5 Å². The summed E-state index contributed by atoms with van der Waals surface area (Å²) in [6.45, 7) is 3.11. The molecule has 6 nitrogen and oxygen atoms in total. The average molecular weight is 314 g/mol. The van der Waals surface area contributed by atoms with Crippen molar-refractivity contribution in [3.05, 3.63) is 42.2 Å². The van der Waals surface area contributed by atoms with Gasteiger partial charge < -0.3 is 4.90 Å². The van der Waals surface area contributed by atoms with Crippen molar-refractivity contribution < 1.29 is 0 Å². The molecule has 1 aliphatic rings. The Balaban J connectivity index is 1.70. The van der Waals surface area contributed by atoms with E-state index in [1.54, 1.807) is 6.33 Å². The minimum atomic E-state index is 0.436. The van der Waals surface area contributed by atoms with Crippen molar-refractivity contribution in [3.8, 4) is 0 Å². The van der Waals surface area contributed by atoms with Crippen LogP contribution in [0.5, 0.6) is 0 Å². The van der Waals surface area contributed by atoms with Crippen molar-refractivity contribution in [1.29, 1.82) is 0 Å². The molecule has 124 valence electrons. The average Bonchev–Trinajstić information content (AvgIpc) is 2.94. The molecule has 0 amide bonds. The van der Waals surface area contributed by atoms with Gasteiger partial charge in [0.25, 0.3) is 0 Å². The van der Waals surface area contributed by atoms with Crippen molar-refractivity contribution >= 4 is 0 Å². The van der Waals surface area contributed by atoms with Crippen molar-refractivity contribution in [3.63, 3.8) is 0 Å². The Morgan fingerprint density at radius 3 is 2.74 bits per heavy atom. The first-order valence-electron chi connectivity index (χ1n) is 8.25. The fourth-order valence-electron chi connectivity index (χ4n) is 3.78. The summed E-state index contributed by atoms with van der Waals surface area (Å²) < 4.78 is 2.02. The molecule has 1 fully saturated rings. The summed E-state index contributed by atoms with van der Waals surface area (Å²) in [5, 5.41) is 4.37. The van der Waals surface area contributed by atoms with Gasteiger partial charge in [-0.1, -0.05) is 0 Å². The van der Waals surface area contributed by atoms with Crippen LogP contribution in [-0.2, 0) is 13.6 Å². The highest BCUT2D eigenvalue weighted by Crippen LogP contribution is 2.35. The fraction of sp³-hybridized carbons (Fsp3) is 0.588. The zero-order valence-corrected chi connectivity index (χ0v) is 14.3. The van der Waals surface area contributed by atoms with E-state index in [-0.39, 0.29) is 0 Å². The van der Waals surface area contributed by atoms with Crippen molar-refractivity contribution in [2.24, 2.45) is 13.0 Å². The molecule has 3 rings (SSSR count). The minimum Gasteiger partial charge on any atom is -0.302 e. The number of aryl methyl sites for hydroxylation is 1. The third-order valence-electron chi connectivity index (χ3n) is 4.78. The molecule has 0 N–H and O–H groups in total. The first kappa shape index (κ1) is 16.1. The maximum atomic E-state index is 4.37. The summed E-state index contributed by atoms with van der Waals surface area (Å²) in [7, 11) is 6.45. The van der Waals surface area contributed by atoms with Gasteiger partial charge in [0.1, 0.15) is 6.33 Å². The Bertz CT molecular complexity index is 611. The second-order valence-corrected chi connectivity index (χ2v) is 6.65. The lowest BCUT2D eigenvalue weighted by Gasteiger charge is -2.40. The second kappa shape index (κ2) is 7.19. The lowest BCUT2D eigenvalue weighted by Crippen LogP contribution is -2.41. The molecule has 2 atom stereocenters. The van der Waals surface area contributed by atoms with Gasteiger partial charge in [-0.3, -0.25) is 9.58 Å². The van der Waals surface area contributed by atoms with Crippen LogP contribution in [0.25, 0.3) is 0 Å². The van der Waals surface area contributed by atoms with Gasteiger partial charge in [0, 0.05) is 44.3 Å². The number of aromatic nitrogens is 4. The van der Waals surface area contributed by atoms with E-state index < -0.39 is 0 Å². The molecule has 1 aliphatic heterocycles. The Labute approximate surface area is 138 Å². The van der Waals surface area contributed by atoms with Crippen LogP contribution < -0.4 is 0 Å². The highest BCUT2D eigenvalue weighted by molar-refractivity contribution is 5.10. The van der Waals surface area contributed by atoms with Crippen LogP contribution in [0.1, 0.15) is 30.1 Å². The highest BCUT2D eigenvalue weighted by atomic mass is 15.3. The van der Waals surface area contributed by atoms with Gasteiger partial charge in [-0.2, -0.15) is 5.10 Å². The third kappa shape index (κ3) is 3.76. The van der Waals surface area contributed by atoms with E-state index in [4.69, 9.17) is 0 Å². The molecule has 0 aliphatic carbocycles. The van der Waals surface area contributed by atoms with Gasteiger partial charge in [-0.05, 0) is 45.5 Å². The Hall–Kier alpha value is -1.79. The van der Waals surface area contributed by atoms with E-state index in [0.717, 1.165) is 25.2 Å². The van der Waals surface area contributed by atoms with Gasteiger partial charge >= 0.3 is 0 Å². The predicted molar refractivity (Wildman–Crippen MR) is 89.7 cm³/mol. The summed E-state index contributed by atoms with van der Waals surface area (Å²) in [5.74, 6) is 0.610. The van der Waals surface area contributed by atoms with Crippen LogP contribution in [-0.4, -0.2) is 56.7 Å². The lowest BCUT2D eigenvalue weighted by atomic mass is 9.87. The molecule has 1 saturated heterocycles. The van der Waals surface area contributed by atoms with E-state index in [1.807, 2.05) is 30.3 Å². The fourth-order valence-corrected chi connectivity index (χ4v) is 3.78. The summed E-state index contributed by atoms with van der Waals surface area (Å²) in [6.07, 6.45) is 9.80. The summed E-state index contributed by atoms with van der Waals surface area (Å²) >= 11 is 0. The molecule has 0 saturated carbocycles. The smallest absolute Gasteiger partial charge is 0.115 e. The molecule has 0 radical (unpaired) electrons. The van der Waals surface area contributed by atoms with Crippen molar-refractivity contribution in [2.75, 3.05) is 27.2 Å². The number of hydrogen-bond acceptors (Lipinski definition) is 5. The van der Waals surface area contributed by atoms with Crippen molar-refractivity contribution in [2.45, 2.75) is 25.4 Å². The normalized spacial score (nSPS) is 22.6. The predicted octanol–water partition coefficient (Wildman–Crippen LogP) is 1.72. The van der Waals surface area contributed by atoms with Crippen LogP contribution in [0.15, 0.2) is 31.0 Å². The largest absolute Gasteiger partial charge is 0.302 e. The molecular formula is C17H26N6. The zero-order valence-electron chi connectivity index (χ0n) is 14.3. The molecule has 2 aromatic heterocycles. The number of likely N-dealkylation sites (tertiary alicyclic amines) is 1. The number of rotatable bonds is 5. The van der Waals surface area contributed by atoms with E-state index in [2.05, 4.69) is 45.0 Å². The SMILES string of the molecule is CN(Cc1cncnc1)C[C@@H]1CCCN(C)[C@H]1c1ccnn1C. The Morgan fingerprint density at radius 1 is 1.26 bits per heavy atom. The highest BCUT2D eigenvalue weighted by Gasteiger charge is 2.32. The second-order valence-electron chi connectivity index (χ2n) is 6.65. The van der Waals surface area contributed by atoms with E-state index in [1.165, 1.54) is 18.5 Å². The van der Waals surface area contributed by atoms with E-state index in [0.29, 0.717) is 12.0 Å².